The molecule has 1 saturated heterocycles. The van der Waals surface area contributed by atoms with Crippen LogP contribution < -0.4 is 5.48 Å². The molecule has 1 unspecified atom stereocenters. The minimum absolute atomic E-state index is 0.519. The summed E-state index contributed by atoms with van der Waals surface area (Å²) in [6, 6.07) is 0.519. The summed E-state index contributed by atoms with van der Waals surface area (Å²) < 4.78 is 0. The van der Waals surface area contributed by atoms with Crippen LogP contribution in [0.25, 0.3) is 0 Å². The smallest absolute Gasteiger partial charge is 0.126 e. The number of hydroxylamine groups is 1. The third-order valence-corrected chi connectivity index (χ3v) is 0.892. The Bertz CT molecular complexity index is 40.1. The maximum Gasteiger partial charge on any atom is 0.126 e. The van der Waals surface area contributed by atoms with Gasteiger partial charge in [0.05, 0.1) is 6.04 Å². The molecule has 0 aromatic carbocycles. The van der Waals surface area contributed by atoms with Gasteiger partial charge in [-0.1, -0.05) is 6.92 Å². The highest BCUT2D eigenvalue weighted by molar-refractivity contribution is 4.76. The standard InChI is InChI=1S/C4H8NO/c1-2-4-3-6-5-4/h3-5H,2H2,1H3. The zero-order chi connectivity index (χ0) is 4.41. The largest absolute Gasteiger partial charge is 0.294 e. The molecule has 0 saturated carbocycles. The lowest BCUT2D eigenvalue weighted by molar-refractivity contribution is -0.0395. The molecule has 1 aliphatic heterocycles. The predicted molar refractivity (Wildman–Crippen MR) is 22.6 cm³/mol. The highest BCUT2D eigenvalue weighted by Crippen LogP contribution is 2.04. The summed E-state index contributed by atoms with van der Waals surface area (Å²) >= 11 is 0. The molecule has 35 valence electrons. The second kappa shape index (κ2) is 1.58. The quantitative estimate of drug-likeness (QED) is 0.500. The van der Waals surface area contributed by atoms with Crippen LogP contribution in [-0.2, 0) is 4.84 Å². The third-order valence-electron chi connectivity index (χ3n) is 0.892. The monoisotopic (exact) mass is 86.1 g/mol. The molecule has 1 aliphatic rings. The highest BCUT2D eigenvalue weighted by atomic mass is 16.7. The molecule has 2 heteroatoms. The zero-order valence-corrected chi connectivity index (χ0v) is 3.77. The van der Waals surface area contributed by atoms with E-state index in [2.05, 4.69) is 17.2 Å². The Morgan fingerprint density at radius 2 is 2.67 bits per heavy atom. The van der Waals surface area contributed by atoms with Crippen LogP contribution in [0.1, 0.15) is 13.3 Å². The van der Waals surface area contributed by atoms with Crippen LogP contribution in [0.2, 0.25) is 0 Å². The summed E-state index contributed by atoms with van der Waals surface area (Å²) in [5.41, 5.74) is 2.74. The molecule has 1 fully saturated rings. The lowest BCUT2D eigenvalue weighted by Crippen LogP contribution is -2.40. The van der Waals surface area contributed by atoms with Crippen LogP contribution in [0.5, 0.6) is 0 Å². The van der Waals surface area contributed by atoms with E-state index in [-0.39, 0.29) is 0 Å². The van der Waals surface area contributed by atoms with Crippen molar-refractivity contribution in [3.63, 3.8) is 0 Å². The molecule has 0 amide bonds. The number of nitrogens with one attached hydrogen (secondary N) is 1. The van der Waals surface area contributed by atoms with E-state index in [0.29, 0.717) is 6.04 Å². The minimum atomic E-state index is 0.519. The van der Waals surface area contributed by atoms with E-state index >= 15 is 0 Å². The third kappa shape index (κ3) is 0.533. The average Bonchev–Trinajstić information content (AvgIpc) is 1.31. The second-order valence-electron chi connectivity index (χ2n) is 1.39. The summed E-state index contributed by atoms with van der Waals surface area (Å²) in [6.45, 7) is 3.90. The molecule has 6 heavy (non-hydrogen) atoms. The van der Waals surface area contributed by atoms with Gasteiger partial charge in [0.2, 0.25) is 0 Å². The van der Waals surface area contributed by atoms with Crippen molar-refractivity contribution in [2.45, 2.75) is 19.4 Å². The zero-order valence-electron chi connectivity index (χ0n) is 3.77. The van der Waals surface area contributed by atoms with E-state index in [1.54, 1.807) is 6.61 Å². The molecule has 0 aromatic rings. The molecule has 1 atom stereocenters. The van der Waals surface area contributed by atoms with E-state index in [9.17, 15) is 0 Å². The lowest BCUT2D eigenvalue weighted by atomic mass is 10.2. The molecule has 0 aliphatic carbocycles. The van der Waals surface area contributed by atoms with Crippen molar-refractivity contribution in [2.24, 2.45) is 0 Å². The van der Waals surface area contributed by atoms with Gasteiger partial charge in [0.1, 0.15) is 6.61 Å². The Morgan fingerprint density at radius 1 is 2.00 bits per heavy atom. The van der Waals surface area contributed by atoms with Crippen molar-refractivity contribution in [1.29, 1.82) is 0 Å². The van der Waals surface area contributed by atoms with Crippen molar-refractivity contribution >= 4 is 0 Å². The Kier molecular flexibility index (Phi) is 1.08. The van der Waals surface area contributed by atoms with Crippen molar-refractivity contribution in [3.05, 3.63) is 6.61 Å². The average molecular weight is 86.1 g/mol. The first kappa shape index (κ1) is 4.09. The van der Waals surface area contributed by atoms with Gasteiger partial charge in [-0.2, -0.15) is 5.48 Å². The fourth-order valence-electron chi connectivity index (χ4n) is 0.344. The normalized spacial score (nSPS) is 32.5. The maximum absolute atomic E-state index is 4.55. The Labute approximate surface area is 37.4 Å². The summed E-state index contributed by atoms with van der Waals surface area (Å²) in [5.74, 6) is 0. The van der Waals surface area contributed by atoms with Crippen molar-refractivity contribution < 1.29 is 4.84 Å². The molecule has 0 aromatic heterocycles. The molecule has 1 N–H and O–H groups in total. The molecule has 0 spiro atoms. The Hall–Kier alpha value is -0.0800. The molecular weight excluding hydrogens is 78.0 g/mol. The maximum atomic E-state index is 4.55. The van der Waals surface area contributed by atoms with Crippen LogP contribution in [0.4, 0.5) is 0 Å². The molecule has 1 heterocycles. The van der Waals surface area contributed by atoms with Gasteiger partial charge in [0.15, 0.2) is 0 Å². The summed E-state index contributed by atoms with van der Waals surface area (Å²) in [6.07, 6.45) is 1.12. The predicted octanol–water partition coefficient (Wildman–Crippen LogP) is 0.462. The minimum Gasteiger partial charge on any atom is -0.294 e. The first-order chi connectivity index (χ1) is 2.93. The Balaban J connectivity index is 2.01. The first-order valence-corrected chi connectivity index (χ1v) is 2.18. The van der Waals surface area contributed by atoms with E-state index in [1.807, 2.05) is 0 Å². The summed E-state index contributed by atoms with van der Waals surface area (Å²) in [5, 5.41) is 0. The van der Waals surface area contributed by atoms with E-state index in [4.69, 9.17) is 0 Å². The van der Waals surface area contributed by atoms with E-state index < -0.39 is 0 Å². The first-order valence-electron chi connectivity index (χ1n) is 2.18. The van der Waals surface area contributed by atoms with Gasteiger partial charge >= 0.3 is 0 Å². The second-order valence-corrected chi connectivity index (χ2v) is 1.39. The SMILES string of the molecule is CCC1[CH]ON1. The van der Waals surface area contributed by atoms with E-state index in [1.165, 1.54) is 0 Å². The molecule has 2 nitrogen and oxygen atoms in total. The number of rotatable bonds is 1. The van der Waals surface area contributed by atoms with Gasteiger partial charge in [0.25, 0.3) is 0 Å². The van der Waals surface area contributed by atoms with Crippen molar-refractivity contribution in [3.8, 4) is 0 Å². The van der Waals surface area contributed by atoms with E-state index in [0.717, 1.165) is 6.42 Å². The molecule has 0 bridgehead atoms. The van der Waals surface area contributed by atoms with Crippen LogP contribution in [0.15, 0.2) is 0 Å². The van der Waals surface area contributed by atoms with Crippen LogP contribution in [0.3, 0.4) is 0 Å². The highest BCUT2D eigenvalue weighted by Gasteiger charge is 2.14. The fourth-order valence-corrected chi connectivity index (χ4v) is 0.344. The van der Waals surface area contributed by atoms with Gasteiger partial charge in [0, 0.05) is 0 Å². The lowest BCUT2D eigenvalue weighted by Gasteiger charge is -2.23. The topological polar surface area (TPSA) is 21.3 Å². The molecular formula is C4H8NO. The van der Waals surface area contributed by atoms with Gasteiger partial charge in [-0.15, -0.1) is 0 Å². The van der Waals surface area contributed by atoms with Gasteiger partial charge < -0.3 is 0 Å². The van der Waals surface area contributed by atoms with Gasteiger partial charge in [-0.25, -0.2) is 0 Å². The van der Waals surface area contributed by atoms with Crippen molar-refractivity contribution in [1.82, 2.24) is 5.48 Å². The summed E-state index contributed by atoms with van der Waals surface area (Å²) in [7, 11) is 0. The molecule has 1 radical (unpaired) electrons. The number of hydrogen-bond acceptors (Lipinski definition) is 2. The summed E-state index contributed by atoms with van der Waals surface area (Å²) in [4.78, 5) is 4.55. The number of hydrogen-bond donors (Lipinski definition) is 1. The van der Waals surface area contributed by atoms with Crippen LogP contribution in [0, 0.1) is 6.61 Å². The molecule has 1 rings (SSSR count). The van der Waals surface area contributed by atoms with Crippen molar-refractivity contribution in [2.75, 3.05) is 0 Å². The van der Waals surface area contributed by atoms with Crippen LogP contribution >= 0.6 is 0 Å². The van der Waals surface area contributed by atoms with Gasteiger partial charge in [-0.3, -0.25) is 4.84 Å². The van der Waals surface area contributed by atoms with Gasteiger partial charge in [-0.05, 0) is 6.42 Å². The Morgan fingerprint density at radius 3 is 2.67 bits per heavy atom. The fraction of sp³-hybridized carbons (Fsp3) is 0.750. The van der Waals surface area contributed by atoms with Crippen LogP contribution in [-0.4, -0.2) is 6.04 Å².